The highest BCUT2D eigenvalue weighted by molar-refractivity contribution is 5.50. The lowest BCUT2D eigenvalue weighted by Gasteiger charge is -2.18. The number of nitrogens with one attached hydrogen (secondary N) is 1. The van der Waals surface area contributed by atoms with Gasteiger partial charge in [0.05, 0.1) is 17.7 Å². The number of benzene rings is 2. The maximum Gasteiger partial charge on any atom is 0.0992 e. The quantitative estimate of drug-likeness (QED) is 0.866. The van der Waals surface area contributed by atoms with Crippen molar-refractivity contribution in [1.82, 2.24) is 0 Å². The smallest absolute Gasteiger partial charge is 0.0992 e. The van der Waals surface area contributed by atoms with Gasteiger partial charge in [0.25, 0.3) is 0 Å². The van der Waals surface area contributed by atoms with Crippen LogP contribution in [0, 0.1) is 11.3 Å². The van der Waals surface area contributed by atoms with Crippen molar-refractivity contribution < 1.29 is 0 Å². The van der Waals surface area contributed by atoms with Crippen LogP contribution in [0.25, 0.3) is 0 Å². The van der Waals surface area contributed by atoms with E-state index in [0.717, 1.165) is 12.1 Å². The Kier molecular flexibility index (Phi) is 3.98. The third kappa shape index (κ3) is 2.89. The first-order chi connectivity index (χ1) is 8.83. The molecule has 0 aliphatic rings. The molecule has 18 heavy (non-hydrogen) atoms. The Hall–Kier alpha value is -2.27. The molecule has 2 aromatic rings. The molecule has 90 valence electrons. The normalized spacial score (nSPS) is 11.6. The molecular weight excluding hydrogens is 220 g/mol. The third-order valence-corrected chi connectivity index (χ3v) is 2.94. The summed E-state index contributed by atoms with van der Waals surface area (Å²) in [7, 11) is 0. The lowest BCUT2D eigenvalue weighted by molar-refractivity contribution is 0.749. The Labute approximate surface area is 108 Å². The lowest BCUT2D eigenvalue weighted by atomic mass is 10.0. The maximum absolute atomic E-state index is 8.89. The second kappa shape index (κ2) is 5.88. The molecule has 0 saturated heterocycles. The molecule has 2 nitrogen and oxygen atoms in total. The number of rotatable bonds is 4. The SMILES string of the molecule is CCC(Nc1cccc(C#N)c1)c1ccccc1. The molecule has 0 aliphatic heterocycles. The highest BCUT2D eigenvalue weighted by Crippen LogP contribution is 2.22. The van der Waals surface area contributed by atoms with E-state index < -0.39 is 0 Å². The van der Waals surface area contributed by atoms with Crippen molar-refractivity contribution in [3.8, 4) is 6.07 Å². The fraction of sp³-hybridized carbons (Fsp3) is 0.188. The fourth-order valence-corrected chi connectivity index (χ4v) is 1.99. The molecule has 2 aromatic carbocycles. The average molecular weight is 236 g/mol. The van der Waals surface area contributed by atoms with Crippen molar-refractivity contribution in [3.63, 3.8) is 0 Å². The van der Waals surface area contributed by atoms with Gasteiger partial charge in [-0.2, -0.15) is 5.26 Å². The van der Waals surface area contributed by atoms with Crippen molar-refractivity contribution in [2.24, 2.45) is 0 Å². The molecule has 0 bridgehead atoms. The van der Waals surface area contributed by atoms with Crippen molar-refractivity contribution in [2.75, 3.05) is 5.32 Å². The highest BCUT2D eigenvalue weighted by Gasteiger charge is 2.08. The zero-order valence-electron chi connectivity index (χ0n) is 10.4. The van der Waals surface area contributed by atoms with Crippen molar-refractivity contribution >= 4 is 5.69 Å². The minimum Gasteiger partial charge on any atom is -0.378 e. The Bertz CT molecular complexity index is 541. The number of nitrogens with zero attached hydrogens (tertiary/aromatic N) is 1. The maximum atomic E-state index is 8.89. The second-order valence-corrected chi connectivity index (χ2v) is 4.21. The molecule has 0 saturated carbocycles. The summed E-state index contributed by atoms with van der Waals surface area (Å²) in [5.41, 5.74) is 2.94. The summed E-state index contributed by atoms with van der Waals surface area (Å²) in [5, 5.41) is 12.4. The average Bonchev–Trinajstić information content (AvgIpc) is 2.46. The summed E-state index contributed by atoms with van der Waals surface area (Å²) < 4.78 is 0. The molecule has 0 radical (unpaired) electrons. The summed E-state index contributed by atoms with van der Waals surface area (Å²) in [6.07, 6.45) is 1.00. The molecule has 0 spiro atoms. The van der Waals surface area contributed by atoms with E-state index in [2.05, 4.69) is 30.4 Å². The number of anilines is 1. The van der Waals surface area contributed by atoms with Gasteiger partial charge in [-0.3, -0.25) is 0 Å². The zero-order valence-corrected chi connectivity index (χ0v) is 10.4. The minimum absolute atomic E-state index is 0.278. The van der Waals surface area contributed by atoms with Gasteiger partial charge in [-0.1, -0.05) is 43.3 Å². The van der Waals surface area contributed by atoms with E-state index >= 15 is 0 Å². The van der Waals surface area contributed by atoms with Gasteiger partial charge in [-0.25, -0.2) is 0 Å². The van der Waals surface area contributed by atoms with Crippen LogP contribution in [0.5, 0.6) is 0 Å². The summed E-state index contributed by atoms with van der Waals surface area (Å²) in [4.78, 5) is 0. The van der Waals surface area contributed by atoms with Gasteiger partial charge in [0.15, 0.2) is 0 Å². The number of nitriles is 1. The van der Waals surface area contributed by atoms with E-state index in [1.807, 2.05) is 42.5 Å². The predicted octanol–water partition coefficient (Wildman–Crippen LogP) is 4.12. The summed E-state index contributed by atoms with van der Waals surface area (Å²) >= 11 is 0. The molecule has 0 heterocycles. The van der Waals surface area contributed by atoms with Gasteiger partial charge >= 0.3 is 0 Å². The van der Waals surface area contributed by atoms with Crippen LogP contribution in [-0.2, 0) is 0 Å². The van der Waals surface area contributed by atoms with Crippen LogP contribution in [0.15, 0.2) is 54.6 Å². The van der Waals surface area contributed by atoms with Crippen LogP contribution in [0.1, 0.15) is 30.5 Å². The van der Waals surface area contributed by atoms with E-state index in [4.69, 9.17) is 5.26 Å². The first kappa shape index (κ1) is 12.2. The van der Waals surface area contributed by atoms with Gasteiger partial charge in [-0.05, 0) is 30.2 Å². The van der Waals surface area contributed by atoms with Crippen molar-refractivity contribution in [1.29, 1.82) is 5.26 Å². The zero-order chi connectivity index (χ0) is 12.8. The first-order valence-electron chi connectivity index (χ1n) is 6.15. The number of hydrogen-bond donors (Lipinski definition) is 1. The Morgan fingerprint density at radius 2 is 1.89 bits per heavy atom. The number of hydrogen-bond acceptors (Lipinski definition) is 2. The molecule has 2 rings (SSSR count). The van der Waals surface area contributed by atoms with E-state index in [9.17, 15) is 0 Å². The molecule has 0 aliphatic carbocycles. The van der Waals surface area contributed by atoms with Crippen LogP contribution < -0.4 is 5.32 Å². The summed E-state index contributed by atoms with van der Waals surface area (Å²) in [6.45, 7) is 2.15. The topological polar surface area (TPSA) is 35.8 Å². The Morgan fingerprint density at radius 1 is 1.11 bits per heavy atom. The van der Waals surface area contributed by atoms with Crippen molar-refractivity contribution in [3.05, 3.63) is 65.7 Å². The van der Waals surface area contributed by atoms with E-state index in [1.165, 1.54) is 5.56 Å². The summed E-state index contributed by atoms with van der Waals surface area (Å²) in [6, 6.07) is 20.4. The standard InChI is InChI=1S/C16H16N2/c1-2-16(14-8-4-3-5-9-14)18-15-10-6-7-13(11-15)12-17/h3-11,16,18H,2H2,1H3. The van der Waals surface area contributed by atoms with E-state index in [0.29, 0.717) is 5.56 Å². The van der Waals surface area contributed by atoms with Gasteiger partial charge in [0.2, 0.25) is 0 Å². The highest BCUT2D eigenvalue weighted by atomic mass is 14.9. The molecule has 2 heteroatoms. The Balaban J connectivity index is 2.18. The van der Waals surface area contributed by atoms with Crippen LogP contribution >= 0.6 is 0 Å². The summed E-state index contributed by atoms with van der Waals surface area (Å²) in [5.74, 6) is 0. The first-order valence-corrected chi connectivity index (χ1v) is 6.15. The van der Waals surface area contributed by atoms with Gasteiger partial charge < -0.3 is 5.32 Å². The van der Waals surface area contributed by atoms with Crippen LogP contribution in [-0.4, -0.2) is 0 Å². The predicted molar refractivity (Wildman–Crippen MR) is 74.3 cm³/mol. The molecular formula is C16H16N2. The molecule has 1 N–H and O–H groups in total. The van der Waals surface area contributed by atoms with Crippen LogP contribution in [0.2, 0.25) is 0 Å². The fourth-order valence-electron chi connectivity index (χ4n) is 1.99. The molecule has 0 fully saturated rings. The molecule has 1 unspecified atom stereocenters. The van der Waals surface area contributed by atoms with Crippen LogP contribution in [0.3, 0.4) is 0 Å². The van der Waals surface area contributed by atoms with Gasteiger partial charge in [0, 0.05) is 5.69 Å². The Morgan fingerprint density at radius 3 is 2.56 bits per heavy atom. The van der Waals surface area contributed by atoms with Gasteiger partial charge in [-0.15, -0.1) is 0 Å². The monoisotopic (exact) mass is 236 g/mol. The lowest BCUT2D eigenvalue weighted by Crippen LogP contribution is -2.09. The third-order valence-electron chi connectivity index (χ3n) is 2.94. The second-order valence-electron chi connectivity index (χ2n) is 4.21. The van der Waals surface area contributed by atoms with Gasteiger partial charge in [0.1, 0.15) is 0 Å². The molecule has 0 aromatic heterocycles. The largest absolute Gasteiger partial charge is 0.378 e. The van der Waals surface area contributed by atoms with E-state index in [1.54, 1.807) is 0 Å². The molecule has 0 amide bonds. The minimum atomic E-state index is 0.278. The van der Waals surface area contributed by atoms with Crippen LogP contribution in [0.4, 0.5) is 5.69 Å². The van der Waals surface area contributed by atoms with Crippen molar-refractivity contribution in [2.45, 2.75) is 19.4 Å². The van der Waals surface area contributed by atoms with E-state index in [-0.39, 0.29) is 6.04 Å². The molecule has 1 atom stereocenters.